The standard InChI is InChI=1S/C18H25N5O2/c1-3-8-23-9-7-14(12-23)11-19-18(24)21-16-6-4-5-15(10-16)17-20-13(2)25-22-17/h4-6,10,14H,3,7-9,11-12H2,1-2H3,(H2,19,21,24). The zero-order valence-electron chi connectivity index (χ0n) is 14.8. The summed E-state index contributed by atoms with van der Waals surface area (Å²) < 4.78 is 5.00. The van der Waals surface area contributed by atoms with Crippen LogP contribution in [0.3, 0.4) is 0 Å². The van der Waals surface area contributed by atoms with Crippen LogP contribution in [0, 0.1) is 12.8 Å². The number of aromatic nitrogens is 2. The first kappa shape index (κ1) is 17.4. The molecule has 3 rings (SSSR count). The number of benzene rings is 1. The summed E-state index contributed by atoms with van der Waals surface area (Å²) in [7, 11) is 0. The van der Waals surface area contributed by atoms with Crippen LogP contribution in [0.5, 0.6) is 0 Å². The van der Waals surface area contributed by atoms with Crippen LogP contribution in [-0.4, -0.2) is 47.3 Å². The maximum absolute atomic E-state index is 12.1. The molecule has 2 N–H and O–H groups in total. The van der Waals surface area contributed by atoms with Crippen molar-refractivity contribution in [2.45, 2.75) is 26.7 Å². The van der Waals surface area contributed by atoms with E-state index in [9.17, 15) is 4.79 Å². The summed E-state index contributed by atoms with van der Waals surface area (Å²) in [5, 5.41) is 9.74. The van der Waals surface area contributed by atoms with Gasteiger partial charge >= 0.3 is 6.03 Å². The number of amides is 2. The van der Waals surface area contributed by atoms with Gasteiger partial charge in [0, 0.05) is 31.3 Å². The molecule has 2 amide bonds. The lowest BCUT2D eigenvalue weighted by Crippen LogP contribution is -2.34. The predicted octanol–water partition coefficient (Wildman–Crippen LogP) is 2.90. The summed E-state index contributed by atoms with van der Waals surface area (Å²) in [6, 6.07) is 7.23. The highest BCUT2D eigenvalue weighted by molar-refractivity contribution is 5.89. The van der Waals surface area contributed by atoms with Crippen LogP contribution in [0.1, 0.15) is 25.7 Å². The fourth-order valence-corrected chi connectivity index (χ4v) is 3.16. The van der Waals surface area contributed by atoms with Gasteiger partial charge < -0.3 is 20.1 Å². The average molecular weight is 343 g/mol. The van der Waals surface area contributed by atoms with Crippen molar-refractivity contribution in [3.8, 4) is 11.4 Å². The number of carbonyl (C=O) groups is 1. The van der Waals surface area contributed by atoms with Crippen molar-refractivity contribution in [1.29, 1.82) is 0 Å². The molecule has 1 atom stereocenters. The number of nitrogens with zero attached hydrogens (tertiary/aromatic N) is 3. The lowest BCUT2D eigenvalue weighted by molar-refractivity contribution is 0.249. The Balaban J connectivity index is 1.50. The number of aryl methyl sites for hydroxylation is 1. The second-order valence-electron chi connectivity index (χ2n) is 6.51. The molecule has 1 unspecified atom stereocenters. The van der Waals surface area contributed by atoms with Crippen molar-refractivity contribution < 1.29 is 9.32 Å². The number of carbonyl (C=O) groups excluding carboxylic acids is 1. The molecule has 7 nitrogen and oxygen atoms in total. The Hall–Kier alpha value is -2.41. The lowest BCUT2D eigenvalue weighted by Gasteiger charge is -2.15. The molecule has 0 radical (unpaired) electrons. The third-order valence-corrected chi connectivity index (χ3v) is 4.37. The number of nitrogens with one attached hydrogen (secondary N) is 2. The van der Waals surface area contributed by atoms with Crippen LogP contribution in [0.25, 0.3) is 11.4 Å². The van der Waals surface area contributed by atoms with Gasteiger partial charge in [0.15, 0.2) is 0 Å². The number of hydrogen-bond donors (Lipinski definition) is 2. The molecule has 0 bridgehead atoms. The first-order valence-corrected chi connectivity index (χ1v) is 8.82. The van der Waals surface area contributed by atoms with E-state index in [0.29, 0.717) is 29.9 Å². The number of urea groups is 1. The summed E-state index contributed by atoms with van der Waals surface area (Å²) in [6.07, 6.45) is 2.32. The fourth-order valence-electron chi connectivity index (χ4n) is 3.16. The largest absolute Gasteiger partial charge is 0.339 e. The van der Waals surface area contributed by atoms with E-state index in [1.54, 1.807) is 6.92 Å². The Labute approximate surface area is 147 Å². The van der Waals surface area contributed by atoms with Gasteiger partial charge in [-0.15, -0.1) is 0 Å². The van der Waals surface area contributed by atoms with E-state index in [1.165, 1.54) is 6.42 Å². The number of likely N-dealkylation sites (tertiary alicyclic amines) is 1. The molecule has 1 aromatic heterocycles. The van der Waals surface area contributed by atoms with Gasteiger partial charge in [-0.1, -0.05) is 24.2 Å². The van der Waals surface area contributed by atoms with Crippen molar-refractivity contribution >= 4 is 11.7 Å². The van der Waals surface area contributed by atoms with Crippen LogP contribution >= 0.6 is 0 Å². The van der Waals surface area contributed by atoms with Crippen molar-refractivity contribution in [1.82, 2.24) is 20.4 Å². The second kappa shape index (κ2) is 8.11. The zero-order valence-corrected chi connectivity index (χ0v) is 14.8. The number of anilines is 1. The highest BCUT2D eigenvalue weighted by Gasteiger charge is 2.21. The monoisotopic (exact) mass is 343 g/mol. The Morgan fingerprint density at radius 3 is 3.08 bits per heavy atom. The van der Waals surface area contributed by atoms with E-state index in [1.807, 2.05) is 24.3 Å². The van der Waals surface area contributed by atoms with E-state index in [0.717, 1.165) is 31.6 Å². The van der Waals surface area contributed by atoms with Crippen LogP contribution in [0.15, 0.2) is 28.8 Å². The lowest BCUT2D eigenvalue weighted by atomic mass is 10.1. The minimum atomic E-state index is -0.185. The van der Waals surface area contributed by atoms with E-state index in [4.69, 9.17) is 4.52 Å². The van der Waals surface area contributed by atoms with Crippen molar-refractivity contribution in [3.05, 3.63) is 30.2 Å². The maximum Gasteiger partial charge on any atom is 0.319 e. The molecule has 1 saturated heterocycles. The molecule has 0 aliphatic carbocycles. The van der Waals surface area contributed by atoms with Gasteiger partial charge in [-0.2, -0.15) is 4.98 Å². The molecule has 0 spiro atoms. The Kier molecular flexibility index (Phi) is 5.65. The molecule has 1 fully saturated rings. The molecular formula is C18H25N5O2. The number of hydrogen-bond acceptors (Lipinski definition) is 5. The zero-order chi connectivity index (χ0) is 17.6. The summed E-state index contributed by atoms with van der Waals surface area (Å²) >= 11 is 0. The predicted molar refractivity (Wildman–Crippen MR) is 96.3 cm³/mol. The molecule has 1 aromatic carbocycles. The molecular weight excluding hydrogens is 318 g/mol. The molecule has 2 aromatic rings. The normalized spacial score (nSPS) is 17.6. The van der Waals surface area contributed by atoms with Gasteiger partial charge in [0.05, 0.1) is 0 Å². The Morgan fingerprint density at radius 2 is 2.32 bits per heavy atom. The van der Waals surface area contributed by atoms with Gasteiger partial charge in [-0.3, -0.25) is 0 Å². The van der Waals surface area contributed by atoms with Crippen LogP contribution in [-0.2, 0) is 0 Å². The quantitative estimate of drug-likeness (QED) is 0.842. The minimum absolute atomic E-state index is 0.185. The van der Waals surface area contributed by atoms with E-state index in [-0.39, 0.29) is 6.03 Å². The first-order chi connectivity index (χ1) is 12.1. The minimum Gasteiger partial charge on any atom is -0.339 e. The summed E-state index contributed by atoms with van der Waals surface area (Å²) in [4.78, 5) is 18.8. The highest BCUT2D eigenvalue weighted by atomic mass is 16.5. The summed E-state index contributed by atoms with van der Waals surface area (Å²) in [5.74, 6) is 1.56. The second-order valence-corrected chi connectivity index (χ2v) is 6.51. The van der Waals surface area contributed by atoms with E-state index in [2.05, 4.69) is 32.6 Å². The van der Waals surface area contributed by atoms with Gasteiger partial charge in [0.1, 0.15) is 0 Å². The Morgan fingerprint density at radius 1 is 1.44 bits per heavy atom. The third kappa shape index (κ3) is 4.79. The van der Waals surface area contributed by atoms with Crippen molar-refractivity contribution in [2.24, 2.45) is 5.92 Å². The molecule has 2 heterocycles. The Bertz CT molecular complexity index is 715. The van der Waals surface area contributed by atoms with Crippen LogP contribution in [0.4, 0.5) is 10.5 Å². The van der Waals surface area contributed by atoms with Crippen molar-refractivity contribution in [2.75, 3.05) is 31.5 Å². The topological polar surface area (TPSA) is 83.3 Å². The smallest absolute Gasteiger partial charge is 0.319 e. The maximum atomic E-state index is 12.1. The van der Waals surface area contributed by atoms with Gasteiger partial charge in [0.25, 0.3) is 0 Å². The van der Waals surface area contributed by atoms with E-state index < -0.39 is 0 Å². The van der Waals surface area contributed by atoms with Gasteiger partial charge in [-0.25, -0.2) is 4.79 Å². The molecule has 25 heavy (non-hydrogen) atoms. The SMILES string of the molecule is CCCN1CCC(CNC(=O)Nc2cccc(-c3noc(C)n3)c2)C1. The third-order valence-electron chi connectivity index (χ3n) is 4.37. The molecule has 1 aliphatic heterocycles. The average Bonchev–Trinajstić information content (AvgIpc) is 3.23. The van der Waals surface area contributed by atoms with Gasteiger partial charge in [0.2, 0.25) is 11.7 Å². The molecule has 0 saturated carbocycles. The summed E-state index contributed by atoms with van der Waals surface area (Å²) in [5.41, 5.74) is 1.51. The van der Waals surface area contributed by atoms with Gasteiger partial charge in [-0.05, 0) is 44.0 Å². The number of rotatable bonds is 6. The summed E-state index contributed by atoms with van der Waals surface area (Å²) in [6.45, 7) is 8.00. The van der Waals surface area contributed by atoms with Crippen LogP contribution in [0.2, 0.25) is 0 Å². The van der Waals surface area contributed by atoms with Crippen LogP contribution < -0.4 is 10.6 Å². The van der Waals surface area contributed by atoms with Crippen molar-refractivity contribution in [3.63, 3.8) is 0 Å². The molecule has 134 valence electrons. The van der Waals surface area contributed by atoms with E-state index >= 15 is 0 Å². The highest BCUT2D eigenvalue weighted by Crippen LogP contribution is 2.20. The molecule has 1 aliphatic rings. The first-order valence-electron chi connectivity index (χ1n) is 8.82. The fraction of sp³-hybridized carbons (Fsp3) is 0.500. The molecule has 7 heteroatoms.